The summed E-state index contributed by atoms with van der Waals surface area (Å²) >= 11 is 1.22. The van der Waals surface area contributed by atoms with Crippen LogP contribution in [0.1, 0.15) is 24.2 Å². The van der Waals surface area contributed by atoms with E-state index in [1.54, 1.807) is 30.3 Å². The quantitative estimate of drug-likeness (QED) is 0.846. The van der Waals surface area contributed by atoms with E-state index in [4.69, 9.17) is 4.74 Å². The number of ether oxygens (including phenoxy) is 1. The number of benzene rings is 1. The third-order valence-corrected chi connectivity index (χ3v) is 7.47. The van der Waals surface area contributed by atoms with Crippen LogP contribution in [0.3, 0.4) is 0 Å². The molecule has 1 N–H and O–H groups in total. The number of hydrogen-bond acceptors (Lipinski definition) is 5. The molecular weight excluding hydrogens is 372 g/mol. The van der Waals surface area contributed by atoms with Crippen LogP contribution in [0.25, 0.3) is 10.4 Å². The number of thiophene rings is 1. The van der Waals surface area contributed by atoms with Crippen molar-refractivity contribution in [2.24, 2.45) is 0 Å². The summed E-state index contributed by atoms with van der Waals surface area (Å²) in [6.07, 6.45) is 0. The van der Waals surface area contributed by atoms with Gasteiger partial charge in [0.1, 0.15) is 4.21 Å². The maximum Gasteiger partial charge on any atom is 0.252 e. The van der Waals surface area contributed by atoms with Gasteiger partial charge in [-0.15, -0.1) is 11.3 Å². The SMILES string of the molecule is CC(C)NC(=O)c1cccc(-c2ccc(S(=O)(=O)N3CCOCC3)s2)c1. The molecule has 2 heterocycles. The Hall–Kier alpha value is -1.74. The fourth-order valence-electron chi connectivity index (χ4n) is 2.69. The van der Waals surface area contributed by atoms with E-state index < -0.39 is 10.0 Å². The van der Waals surface area contributed by atoms with Crippen molar-refractivity contribution in [2.45, 2.75) is 24.1 Å². The molecule has 1 aliphatic heterocycles. The molecule has 0 atom stereocenters. The Kier molecular flexibility index (Phi) is 5.76. The third kappa shape index (κ3) is 4.15. The predicted octanol–water partition coefficient (Wildman–Crippen LogP) is 2.57. The summed E-state index contributed by atoms with van der Waals surface area (Å²) < 4.78 is 32.5. The van der Waals surface area contributed by atoms with Gasteiger partial charge in [-0.05, 0) is 43.7 Å². The fourth-order valence-corrected chi connectivity index (χ4v) is 5.55. The number of hydrogen-bond donors (Lipinski definition) is 1. The van der Waals surface area contributed by atoms with Crippen molar-refractivity contribution < 1.29 is 17.9 Å². The first-order chi connectivity index (χ1) is 12.4. The first-order valence-corrected chi connectivity index (χ1v) is 10.7. The van der Waals surface area contributed by atoms with E-state index in [0.717, 1.165) is 10.4 Å². The van der Waals surface area contributed by atoms with E-state index >= 15 is 0 Å². The summed E-state index contributed by atoms with van der Waals surface area (Å²) in [6, 6.07) is 10.7. The third-order valence-electron chi connectivity index (χ3n) is 3.97. The van der Waals surface area contributed by atoms with Gasteiger partial charge in [0.2, 0.25) is 0 Å². The van der Waals surface area contributed by atoms with Crippen LogP contribution in [0.4, 0.5) is 0 Å². The molecule has 0 radical (unpaired) electrons. The van der Waals surface area contributed by atoms with Crippen LogP contribution in [-0.4, -0.2) is 51.0 Å². The number of sulfonamides is 1. The van der Waals surface area contributed by atoms with Gasteiger partial charge in [-0.2, -0.15) is 4.31 Å². The smallest absolute Gasteiger partial charge is 0.252 e. The predicted molar refractivity (Wildman–Crippen MR) is 102 cm³/mol. The average molecular weight is 395 g/mol. The monoisotopic (exact) mass is 394 g/mol. The molecule has 1 aromatic heterocycles. The van der Waals surface area contributed by atoms with E-state index in [-0.39, 0.29) is 11.9 Å². The minimum Gasteiger partial charge on any atom is -0.379 e. The van der Waals surface area contributed by atoms with Gasteiger partial charge in [-0.1, -0.05) is 12.1 Å². The topological polar surface area (TPSA) is 75.7 Å². The molecule has 1 aromatic carbocycles. The van der Waals surface area contributed by atoms with Gasteiger partial charge in [0, 0.05) is 29.6 Å². The minimum atomic E-state index is -3.50. The van der Waals surface area contributed by atoms with Gasteiger partial charge in [0.15, 0.2) is 0 Å². The Labute approximate surface area is 157 Å². The van der Waals surface area contributed by atoms with Crippen molar-refractivity contribution in [2.75, 3.05) is 26.3 Å². The highest BCUT2D eigenvalue weighted by Gasteiger charge is 2.27. The lowest BCUT2D eigenvalue weighted by atomic mass is 10.1. The van der Waals surface area contributed by atoms with Crippen LogP contribution in [0.2, 0.25) is 0 Å². The molecule has 26 heavy (non-hydrogen) atoms. The van der Waals surface area contributed by atoms with Crippen LogP contribution in [0.5, 0.6) is 0 Å². The van der Waals surface area contributed by atoms with Crippen molar-refractivity contribution >= 4 is 27.3 Å². The van der Waals surface area contributed by atoms with Crippen molar-refractivity contribution in [1.29, 1.82) is 0 Å². The second-order valence-corrected chi connectivity index (χ2v) is 9.59. The number of carbonyl (C=O) groups is 1. The van der Waals surface area contributed by atoms with E-state index in [1.165, 1.54) is 15.6 Å². The number of carbonyl (C=O) groups excluding carboxylic acids is 1. The Balaban J connectivity index is 1.85. The van der Waals surface area contributed by atoms with Crippen LogP contribution in [-0.2, 0) is 14.8 Å². The zero-order valence-corrected chi connectivity index (χ0v) is 16.4. The molecule has 1 amide bonds. The lowest BCUT2D eigenvalue weighted by molar-refractivity contribution is 0.0731. The summed E-state index contributed by atoms with van der Waals surface area (Å²) in [5.74, 6) is -0.139. The zero-order valence-electron chi connectivity index (χ0n) is 14.8. The van der Waals surface area contributed by atoms with Crippen LogP contribution < -0.4 is 5.32 Å². The molecule has 0 spiro atoms. The van der Waals surface area contributed by atoms with Crippen LogP contribution in [0, 0.1) is 0 Å². The standard InChI is InChI=1S/C18H22N2O4S2/c1-13(2)19-18(21)15-5-3-4-14(12-15)16-6-7-17(25-16)26(22,23)20-8-10-24-11-9-20/h3-7,12-13H,8-11H2,1-2H3,(H,19,21). The normalized spacial score (nSPS) is 16.0. The second-order valence-electron chi connectivity index (χ2n) is 6.34. The molecule has 2 aromatic rings. The maximum absolute atomic E-state index is 12.7. The van der Waals surface area contributed by atoms with E-state index in [0.29, 0.717) is 36.1 Å². The Morgan fingerprint density at radius 2 is 1.92 bits per heavy atom. The van der Waals surface area contributed by atoms with Crippen molar-refractivity contribution in [1.82, 2.24) is 9.62 Å². The first kappa shape index (κ1) is 19.0. The molecule has 3 rings (SSSR count). The molecule has 6 nitrogen and oxygen atoms in total. The highest BCUT2D eigenvalue weighted by Crippen LogP contribution is 2.33. The summed E-state index contributed by atoms with van der Waals surface area (Å²) in [5.41, 5.74) is 1.39. The summed E-state index contributed by atoms with van der Waals surface area (Å²) in [7, 11) is -3.50. The van der Waals surface area contributed by atoms with Gasteiger partial charge < -0.3 is 10.1 Å². The van der Waals surface area contributed by atoms with Crippen molar-refractivity contribution in [3.05, 3.63) is 42.0 Å². The molecule has 0 unspecified atom stereocenters. The lowest BCUT2D eigenvalue weighted by Crippen LogP contribution is -2.40. The minimum absolute atomic E-state index is 0.0539. The number of morpholine rings is 1. The molecule has 0 bridgehead atoms. The Morgan fingerprint density at radius 3 is 2.62 bits per heavy atom. The Morgan fingerprint density at radius 1 is 1.19 bits per heavy atom. The molecule has 0 saturated carbocycles. The largest absolute Gasteiger partial charge is 0.379 e. The average Bonchev–Trinajstić information content (AvgIpc) is 3.13. The van der Waals surface area contributed by atoms with Gasteiger partial charge in [-0.3, -0.25) is 4.79 Å². The van der Waals surface area contributed by atoms with Crippen molar-refractivity contribution in [3.63, 3.8) is 0 Å². The second kappa shape index (κ2) is 7.87. The van der Waals surface area contributed by atoms with Gasteiger partial charge in [0.05, 0.1) is 13.2 Å². The van der Waals surface area contributed by atoms with Gasteiger partial charge in [0.25, 0.3) is 15.9 Å². The van der Waals surface area contributed by atoms with E-state index in [9.17, 15) is 13.2 Å². The van der Waals surface area contributed by atoms with Crippen molar-refractivity contribution in [3.8, 4) is 10.4 Å². The number of nitrogens with one attached hydrogen (secondary N) is 1. The highest BCUT2D eigenvalue weighted by atomic mass is 32.2. The molecular formula is C18H22N2O4S2. The van der Waals surface area contributed by atoms with E-state index in [2.05, 4.69) is 5.32 Å². The van der Waals surface area contributed by atoms with Crippen LogP contribution in [0.15, 0.2) is 40.6 Å². The number of nitrogens with zero attached hydrogens (tertiary/aromatic N) is 1. The number of rotatable bonds is 5. The fraction of sp³-hybridized carbons (Fsp3) is 0.389. The summed E-state index contributed by atoms with van der Waals surface area (Å²) in [4.78, 5) is 13.0. The summed E-state index contributed by atoms with van der Waals surface area (Å²) in [5, 5.41) is 2.86. The van der Waals surface area contributed by atoms with Gasteiger partial charge >= 0.3 is 0 Å². The molecule has 1 saturated heterocycles. The zero-order chi connectivity index (χ0) is 18.7. The molecule has 140 valence electrons. The molecule has 0 aliphatic carbocycles. The molecule has 1 fully saturated rings. The first-order valence-electron chi connectivity index (χ1n) is 8.47. The highest BCUT2D eigenvalue weighted by molar-refractivity contribution is 7.91. The lowest BCUT2D eigenvalue weighted by Gasteiger charge is -2.25. The van der Waals surface area contributed by atoms with Crippen LogP contribution >= 0.6 is 11.3 Å². The molecule has 8 heteroatoms. The van der Waals surface area contributed by atoms with Gasteiger partial charge in [-0.25, -0.2) is 8.42 Å². The Bertz CT molecular complexity index is 884. The molecule has 1 aliphatic rings. The maximum atomic E-state index is 12.7. The summed E-state index contributed by atoms with van der Waals surface area (Å²) in [6.45, 7) is 5.41. The number of amides is 1. The van der Waals surface area contributed by atoms with E-state index in [1.807, 2.05) is 19.9 Å².